The van der Waals surface area contributed by atoms with E-state index in [0.717, 1.165) is 6.20 Å². The Labute approximate surface area is 90.5 Å². The first-order valence-electron chi connectivity index (χ1n) is 3.76. The summed E-state index contributed by atoms with van der Waals surface area (Å²) in [6.45, 7) is 2.10. The molecule has 78 valence electrons. The Morgan fingerprint density at radius 2 is 2.21 bits per heavy atom. The van der Waals surface area contributed by atoms with Crippen LogP contribution >= 0.6 is 15.9 Å². The topological polar surface area (TPSA) is 82.3 Å². The molecule has 0 bridgehead atoms. The van der Waals surface area contributed by atoms with Gasteiger partial charge >= 0.3 is 0 Å². The van der Waals surface area contributed by atoms with Crippen LogP contribution in [0.4, 0.5) is 0 Å². The van der Waals surface area contributed by atoms with Gasteiger partial charge in [-0.15, -0.1) is 0 Å². The molecule has 0 amide bonds. The van der Waals surface area contributed by atoms with Gasteiger partial charge in [-0.3, -0.25) is 4.98 Å². The zero-order chi connectivity index (χ0) is 10.8. The molecule has 0 aliphatic heterocycles. The molecule has 2 N–H and O–H groups in total. The number of primary sulfonamides is 1. The highest BCUT2D eigenvalue weighted by Crippen LogP contribution is 2.30. The maximum absolute atomic E-state index is 11.1. The van der Waals surface area contributed by atoms with E-state index in [9.17, 15) is 8.42 Å². The number of pyridine rings is 1. The predicted octanol–water partition coefficient (Wildman–Crippen LogP) is 0.890. The number of aromatic nitrogens is 1. The lowest BCUT2D eigenvalue weighted by molar-refractivity contribution is 0.328. The lowest BCUT2D eigenvalue weighted by Gasteiger charge is -2.09. The maximum atomic E-state index is 11.1. The number of hydrogen-bond acceptors (Lipinski definition) is 4. The van der Waals surface area contributed by atoms with Crippen LogP contribution in [0.2, 0.25) is 0 Å². The Morgan fingerprint density at radius 1 is 1.57 bits per heavy atom. The molecule has 0 unspecified atom stereocenters. The smallest absolute Gasteiger partial charge is 0.243 e. The molecule has 7 heteroatoms. The van der Waals surface area contributed by atoms with E-state index in [2.05, 4.69) is 20.9 Å². The molecular formula is C7H9BrN2O3S. The molecule has 1 heterocycles. The summed E-state index contributed by atoms with van der Waals surface area (Å²) >= 11 is 3.13. The van der Waals surface area contributed by atoms with Crippen LogP contribution in [-0.2, 0) is 10.0 Å². The molecule has 0 aromatic carbocycles. The van der Waals surface area contributed by atoms with Crippen molar-refractivity contribution in [2.45, 2.75) is 11.8 Å². The molecule has 1 aromatic rings. The minimum atomic E-state index is -3.80. The molecule has 0 spiro atoms. The SMILES string of the molecule is CCOc1c(Br)cncc1S(N)(=O)=O. The fourth-order valence-electron chi connectivity index (χ4n) is 0.892. The number of sulfonamides is 1. The van der Waals surface area contributed by atoms with E-state index in [1.165, 1.54) is 6.20 Å². The number of hydrogen-bond donors (Lipinski definition) is 1. The first-order valence-corrected chi connectivity index (χ1v) is 6.10. The van der Waals surface area contributed by atoms with Crippen LogP contribution in [0.15, 0.2) is 21.8 Å². The zero-order valence-electron chi connectivity index (χ0n) is 7.40. The predicted molar refractivity (Wildman–Crippen MR) is 54.5 cm³/mol. The highest BCUT2D eigenvalue weighted by molar-refractivity contribution is 9.10. The zero-order valence-corrected chi connectivity index (χ0v) is 9.80. The number of ether oxygens (including phenoxy) is 1. The lowest BCUT2D eigenvalue weighted by Crippen LogP contribution is -2.14. The fraction of sp³-hybridized carbons (Fsp3) is 0.286. The van der Waals surface area contributed by atoms with Crippen molar-refractivity contribution in [3.05, 3.63) is 16.9 Å². The molecule has 1 rings (SSSR count). The van der Waals surface area contributed by atoms with Crippen LogP contribution in [0.1, 0.15) is 6.92 Å². The van der Waals surface area contributed by atoms with Crippen LogP contribution < -0.4 is 9.88 Å². The average Bonchev–Trinajstić information content (AvgIpc) is 2.07. The average molecular weight is 281 g/mol. The second-order valence-electron chi connectivity index (χ2n) is 2.43. The minimum Gasteiger partial charge on any atom is -0.491 e. The van der Waals surface area contributed by atoms with Crippen LogP contribution in [-0.4, -0.2) is 20.0 Å². The van der Waals surface area contributed by atoms with Crippen molar-refractivity contribution in [1.82, 2.24) is 4.98 Å². The first-order chi connectivity index (χ1) is 6.46. The summed E-state index contributed by atoms with van der Waals surface area (Å²) in [4.78, 5) is 3.59. The van der Waals surface area contributed by atoms with Crippen LogP contribution in [0, 0.1) is 0 Å². The summed E-state index contributed by atoms with van der Waals surface area (Å²) < 4.78 is 27.8. The summed E-state index contributed by atoms with van der Waals surface area (Å²) in [7, 11) is -3.80. The third-order valence-electron chi connectivity index (χ3n) is 1.42. The van der Waals surface area contributed by atoms with Crippen molar-refractivity contribution in [3.63, 3.8) is 0 Å². The molecule has 0 aliphatic carbocycles. The van der Waals surface area contributed by atoms with E-state index in [1.807, 2.05) is 0 Å². The molecule has 0 atom stereocenters. The molecule has 14 heavy (non-hydrogen) atoms. The largest absolute Gasteiger partial charge is 0.491 e. The quantitative estimate of drug-likeness (QED) is 0.892. The van der Waals surface area contributed by atoms with Crippen LogP contribution in [0.5, 0.6) is 5.75 Å². The van der Waals surface area contributed by atoms with E-state index in [1.54, 1.807) is 6.92 Å². The Kier molecular flexibility index (Phi) is 3.46. The fourth-order valence-corrected chi connectivity index (χ4v) is 2.10. The Bertz CT molecular complexity index is 433. The van der Waals surface area contributed by atoms with Gasteiger partial charge in [0.2, 0.25) is 10.0 Å². The number of nitrogens with two attached hydrogens (primary N) is 1. The molecule has 0 saturated carbocycles. The highest BCUT2D eigenvalue weighted by atomic mass is 79.9. The van der Waals surface area contributed by atoms with Gasteiger partial charge in [-0.2, -0.15) is 0 Å². The Morgan fingerprint density at radius 3 is 2.71 bits per heavy atom. The second kappa shape index (κ2) is 4.24. The standard InChI is InChI=1S/C7H9BrN2O3S/c1-2-13-7-5(8)3-10-4-6(7)14(9,11)12/h3-4H,2H2,1H3,(H2,9,11,12). The van der Waals surface area contributed by atoms with Crippen molar-refractivity contribution >= 4 is 26.0 Å². The van der Waals surface area contributed by atoms with Gasteiger partial charge in [-0.05, 0) is 22.9 Å². The van der Waals surface area contributed by atoms with Crippen molar-refractivity contribution in [2.24, 2.45) is 5.14 Å². The molecule has 0 aliphatic rings. The summed E-state index contributed by atoms with van der Waals surface area (Å²) in [6, 6.07) is 0. The van der Waals surface area contributed by atoms with Crippen LogP contribution in [0.3, 0.4) is 0 Å². The molecule has 5 nitrogen and oxygen atoms in total. The van der Waals surface area contributed by atoms with Crippen molar-refractivity contribution in [2.75, 3.05) is 6.61 Å². The van der Waals surface area contributed by atoms with Gasteiger partial charge in [0.25, 0.3) is 0 Å². The maximum Gasteiger partial charge on any atom is 0.243 e. The van der Waals surface area contributed by atoms with Crippen molar-refractivity contribution < 1.29 is 13.2 Å². The summed E-state index contributed by atoms with van der Waals surface area (Å²) in [5.74, 6) is 0.199. The first kappa shape index (κ1) is 11.4. The molecule has 0 fully saturated rings. The number of halogens is 1. The summed E-state index contributed by atoms with van der Waals surface area (Å²) in [5.41, 5.74) is 0. The van der Waals surface area contributed by atoms with E-state index in [0.29, 0.717) is 11.1 Å². The van der Waals surface area contributed by atoms with E-state index < -0.39 is 10.0 Å². The van der Waals surface area contributed by atoms with Gasteiger partial charge in [0.05, 0.1) is 17.3 Å². The van der Waals surface area contributed by atoms with E-state index in [4.69, 9.17) is 9.88 Å². The van der Waals surface area contributed by atoms with Gasteiger partial charge in [0.15, 0.2) is 5.75 Å². The van der Waals surface area contributed by atoms with E-state index in [-0.39, 0.29) is 10.6 Å². The highest BCUT2D eigenvalue weighted by Gasteiger charge is 2.17. The van der Waals surface area contributed by atoms with Gasteiger partial charge < -0.3 is 4.74 Å². The molecule has 1 aromatic heterocycles. The van der Waals surface area contributed by atoms with Crippen molar-refractivity contribution in [1.29, 1.82) is 0 Å². The second-order valence-corrected chi connectivity index (χ2v) is 4.81. The van der Waals surface area contributed by atoms with E-state index >= 15 is 0 Å². The normalized spacial score (nSPS) is 11.4. The van der Waals surface area contributed by atoms with Gasteiger partial charge in [-0.25, -0.2) is 13.6 Å². The Hall–Kier alpha value is -0.660. The molecule has 0 saturated heterocycles. The number of rotatable bonds is 3. The molecular weight excluding hydrogens is 272 g/mol. The summed E-state index contributed by atoms with van der Waals surface area (Å²) in [5, 5.41) is 4.99. The summed E-state index contributed by atoms with van der Waals surface area (Å²) in [6.07, 6.45) is 2.60. The van der Waals surface area contributed by atoms with Crippen LogP contribution in [0.25, 0.3) is 0 Å². The van der Waals surface area contributed by atoms with Gasteiger partial charge in [0.1, 0.15) is 4.90 Å². The lowest BCUT2D eigenvalue weighted by atomic mass is 10.4. The third-order valence-corrected chi connectivity index (χ3v) is 2.88. The third kappa shape index (κ3) is 2.43. The Balaban J connectivity index is 3.36. The molecule has 0 radical (unpaired) electrons. The van der Waals surface area contributed by atoms with Gasteiger partial charge in [0, 0.05) is 6.20 Å². The number of nitrogens with zero attached hydrogens (tertiary/aromatic N) is 1. The van der Waals surface area contributed by atoms with Crippen molar-refractivity contribution in [3.8, 4) is 5.75 Å². The van der Waals surface area contributed by atoms with Gasteiger partial charge in [-0.1, -0.05) is 0 Å². The minimum absolute atomic E-state index is 0.117. The monoisotopic (exact) mass is 280 g/mol.